The Morgan fingerprint density at radius 3 is 2.07 bits per heavy atom. The van der Waals surface area contributed by atoms with Crippen LogP contribution < -0.4 is 26.4 Å². The molecule has 0 saturated heterocycles. The molecular weight excluding hydrogens is 613 g/mol. The number of hydrogen-bond acceptors (Lipinski definition) is 6. The minimum atomic E-state index is -1.02. The summed E-state index contributed by atoms with van der Waals surface area (Å²) in [6.45, 7) is 3.07. The number of carbonyl (C=O) groups is 3. The maximum Gasteiger partial charge on any atom is 0.270 e. The molecule has 1 aromatic heterocycles. The van der Waals surface area contributed by atoms with Gasteiger partial charge >= 0.3 is 0 Å². The molecule has 0 aliphatic heterocycles. The summed E-state index contributed by atoms with van der Waals surface area (Å²) >= 11 is 12.4. The molecule has 11 heteroatoms. The van der Waals surface area contributed by atoms with Crippen LogP contribution in [0, 0.1) is 0 Å². The lowest BCUT2D eigenvalue weighted by atomic mass is 10.0. The fourth-order valence-corrected chi connectivity index (χ4v) is 4.87. The minimum absolute atomic E-state index is 0.129. The SMILES string of the molecule is CCOc1ccc(C[C@@H](NC(=O)c2ccccn2)C(=O)N[C@@H](Cc2ccc(Cl)c(Cl)c2)C(=O)NCc2ccc(CN)cc2)cc1. The molecular formula is C34H35Cl2N5O4. The van der Waals surface area contributed by atoms with Crippen LogP contribution in [0.1, 0.15) is 39.7 Å². The van der Waals surface area contributed by atoms with Gasteiger partial charge in [0.2, 0.25) is 11.8 Å². The molecule has 0 unspecified atom stereocenters. The van der Waals surface area contributed by atoms with Gasteiger partial charge in [0.15, 0.2) is 0 Å². The van der Waals surface area contributed by atoms with Crippen LogP contribution in [0.5, 0.6) is 5.75 Å². The van der Waals surface area contributed by atoms with Gasteiger partial charge in [0.25, 0.3) is 5.91 Å². The van der Waals surface area contributed by atoms with Crippen molar-refractivity contribution in [1.82, 2.24) is 20.9 Å². The molecule has 4 aromatic rings. The number of benzene rings is 3. The largest absolute Gasteiger partial charge is 0.494 e. The number of amides is 3. The van der Waals surface area contributed by atoms with Crippen LogP contribution in [0.3, 0.4) is 0 Å². The lowest BCUT2D eigenvalue weighted by Gasteiger charge is -2.24. The Morgan fingerprint density at radius 1 is 0.778 bits per heavy atom. The Balaban J connectivity index is 1.56. The molecule has 45 heavy (non-hydrogen) atoms. The third kappa shape index (κ3) is 10.0. The third-order valence-corrected chi connectivity index (χ3v) is 7.71. The van der Waals surface area contributed by atoms with E-state index in [1.54, 1.807) is 48.5 Å². The molecule has 2 atom stereocenters. The molecule has 0 radical (unpaired) electrons. The average molecular weight is 649 g/mol. The van der Waals surface area contributed by atoms with Crippen molar-refractivity contribution in [3.63, 3.8) is 0 Å². The third-order valence-electron chi connectivity index (χ3n) is 6.98. The first-order valence-electron chi connectivity index (χ1n) is 14.5. The van der Waals surface area contributed by atoms with E-state index in [1.807, 2.05) is 43.3 Å². The fourth-order valence-electron chi connectivity index (χ4n) is 4.55. The molecule has 4 rings (SSSR count). The Kier molecular flexibility index (Phi) is 12.3. The van der Waals surface area contributed by atoms with Gasteiger partial charge in [0.05, 0.1) is 16.7 Å². The number of aromatic nitrogens is 1. The highest BCUT2D eigenvalue weighted by Gasteiger charge is 2.28. The van der Waals surface area contributed by atoms with Gasteiger partial charge < -0.3 is 26.4 Å². The molecule has 3 aromatic carbocycles. The van der Waals surface area contributed by atoms with Crippen LogP contribution in [0.15, 0.2) is 91.1 Å². The molecule has 3 amide bonds. The second-order valence-electron chi connectivity index (χ2n) is 10.3. The van der Waals surface area contributed by atoms with E-state index >= 15 is 0 Å². The first kappa shape index (κ1) is 33.5. The summed E-state index contributed by atoms with van der Waals surface area (Å²) < 4.78 is 5.53. The highest BCUT2D eigenvalue weighted by atomic mass is 35.5. The molecule has 0 bridgehead atoms. The lowest BCUT2D eigenvalue weighted by molar-refractivity contribution is -0.130. The van der Waals surface area contributed by atoms with Crippen LogP contribution in [-0.2, 0) is 35.5 Å². The zero-order valence-corrected chi connectivity index (χ0v) is 26.3. The van der Waals surface area contributed by atoms with Crippen LogP contribution in [-0.4, -0.2) is 41.4 Å². The molecule has 9 nitrogen and oxygen atoms in total. The van der Waals surface area contributed by atoms with Crippen molar-refractivity contribution in [2.24, 2.45) is 5.73 Å². The number of nitrogens with two attached hydrogens (primary N) is 1. The van der Waals surface area contributed by atoms with Gasteiger partial charge in [-0.05, 0) is 65.6 Å². The van der Waals surface area contributed by atoms with Crippen LogP contribution in [0.2, 0.25) is 10.0 Å². The summed E-state index contributed by atoms with van der Waals surface area (Å²) in [6, 6.07) is 22.8. The summed E-state index contributed by atoms with van der Waals surface area (Å²) in [5.74, 6) is -0.780. The van der Waals surface area contributed by atoms with E-state index in [-0.39, 0.29) is 25.1 Å². The van der Waals surface area contributed by atoms with E-state index in [9.17, 15) is 14.4 Å². The monoisotopic (exact) mass is 647 g/mol. The zero-order valence-electron chi connectivity index (χ0n) is 24.8. The Hall–Kier alpha value is -4.44. The number of pyridine rings is 1. The van der Waals surface area contributed by atoms with E-state index in [0.29, 0.717) is 34.5 Å². The highest BCUT2D eigenvalue weighted by Crippen LogP contribution is 2.23. The fraction of sp³-hybridized carbons (Fsp3) is 0.235. The second kappa shape index (κ2) is 16.6. The molecule has 0 spiro atoms. The summed E-state index contributed by atoms with van der Waals surface area (Å²) in [4.78, 5) is 44.6. The van der Waals surface area contributed by atoms with Crippen molar-refractivity contribution in [2.75, 3.05) is 6.61 Å². The normalized spacial score (nSPS) is 12.1. The second-order valence-corrected chi connectivity index (χ2v) is 11.1. The molecule has 1 heterocycles. The van der Waals surface area contributed by atoms with Gasteiger partial charge in [-0.15, -0.1) is 0 Å². The Bertz CT molecular complexity index is 1580. The number of halogens is 2. The standard InChI is InChI=1S/C34H35Cl2N5O4/c1-2-45-26-13-10-22(11-14-26)18-31(41-33(43)29-5-3-4-16-38-29)34(44)40-30(19-25-12-15-27(35)28(36)17-25)32(42)39-21-24-8-6-23(20-37)7-9-24/h3-17,30-31H,2,18-21,37H2,1H3,(H,39,42)(H,40,44)(H,41,43)/t30-,31+/m0/s1. The van der Waals surface area contributed by atoms with Gasteiger partial charge in [-0.25, -0.2) is 0 Å². The number of rotatable bonds is 14. The quantitative estimate of drug-likeness (QED) is 0.158. The summed E-state index contributed by atoms with van der Waals surface area (Å²) in [5.41, 5.74) is 9.17. The lowest BCUT2D eigenvalue weighted by Crippen LogP contribution is -2.55. The molecule has 0 aliphatic carbocycles. The van der Waals surface area contributed by atoms with Gasteiger partial charge in [-0.3, -0.25) is 19.4 Å². The Labute approximate surface area is 272 Å². The Morgan fingerprint density at radius 2 is 1.42 bits per heavy atom. The van der Waals surface area contributed by atoms with Crippen molar-refractivity contribution >= 4 is 40.9 Å². The summed E-state index contributed by atoms with van der Waals surface area (Å²) in [5, 5.41) is 9.26. The number of nitrogens with zero attached hydrogens (tertiary/aromatic N) is 1. The molecule has 0 saturated carbocycles. The van der Waals surface area contributed by atoms with Crippen molar-refractivity contribution in [3.8, 4) is 5.75 Å². The van der Waals surface area contributed by atoms with Gasteiger partial charge in [-0.1, -0.05) is 71.7 Å². The molecule has 0 aliphatic rings. The number of carbonyl (C=O) groups excluding carboxylic acids is 3. The van der Waals surface area contributed by atoms with E-state index < -0.39 is 29.8 Å². The maximum atomic E-state index is 13.8. The first-order valence-corrected chi connectivity index (χ1v) is 15.2. The summed E-state index contributed by atoms with van der Waals surface area (Å²) in [7, 11) is 0. The van der Waals surface area contributed by atoms with Crippen molar-refractivity contribution in [2.45, 2.75) is 44.9 Å². The van der Waals surface area contributed by atoms with Crippen molar-refractivity contribution < 1.29 is 19.1 Å². The highest BCUT2D eigenvalue weighted by molar-refractivity contribution is 6.42. The number of ether oxygens (including phenoxy) is 1. The van der Waals surface area contributed by atoms with Gasteiger partial charge in [-0.2, -0.15) is 0 Å². The van der Waals surface area contributed by atoms with E-state index in [1.165, 1.54) is 6.20 Å². The molecule has 5 N–H and O–H groups in total. The first-order chi connectivity index (χ1) is 21.7. The van der Waals surface area contributed by atoms with E-state index in [0.717, 1.165) is 16.7 Å². The van der Waals surface area contributed by atoms with E-state index in [4.69, 9.17) is 33.7 Å². The van der Waals surface area contributed by atoms with Gasteiger partial charge in [0, 0.05) is 32.1 Å². The average Bonchev–Trinajstić information content (AvgIpc) is 3.06. The topological polar surface area (TPSA) is 135 Å². The van der Waals surface area contributed by atoms with E-state index in [2.05, 4.69) is 20.9 Å². The number of hydrogen-bond donors (Lipinski definition) is 4. The maximum absolute atomic E-state index is 13.8. The van der Waals surface area contributed by atoms with Crippen LogP contribution in [0.25, 0.3) is 0 Å². The van der Waals surface area contributed by atoms with Crippen LogP contribution in [0.4, 0.5) is 0 Å². The van der Waals surface area contributed by atoms with Crippen molar-refractivity contribution in [1.29, 1.82) is 0 Å². The predicted molar refractivity (Wildman–Crippen MR) is 175 cm³/mol. The smallest absolute Gasteiger partial charge is 0.270 e. The molecule has 234 valence electrons. The van der Waals surface area contributed by atoms with Gasteiger partial charge in [0.1, 0.15) is 23.5 Å². The number of nitrogens with one attached hydrogen (secondary N) is 3. The zero-order chi connectivity index (χ0) is 32.2. The van der Waals surface area contributed by atoms with Crippen LogP contribution >= 0.6 is 23.2 Å². The van der Waals surface area contributed by atoms with Crippen molar-refractivity contribution in [3.05, 3.63) is 129 Å². The minimum Gasteiger partial charge on any atom is -0.494 e. The predicted octanol–water partition coefficient (Wildman–Crippen LogP) is 4.63. The summed E-state index contributed by atoms with van der Waals surface area (Å²) in [6.07, 6.45) is 1.79. The molecule has 0 fully saturated rings.